The molecule has 3 aromatic heterocycles. The van der Waals surface area contributed by atoms with Gasteiger partial charge in [-0.3, -0.25) is 5.32 Å². The van der Waals surface area contributed by atoms with Crippen LogP contribution in [0.15, 0.2) is 23.5 Å². The van der Waals surface area contributed by atoms with E-state index in [4.69, 9.17) is 16.3 Å². The van der Waals surface area contributed by atoms with Gasteiger partial charge >= 0.3 is 6.03 Å². The van der Waals surface area contributed by atoms with Crippen LogP contribution in [0.5, 0.6) is 5.88 Å². The molecule has 3 aromatic rings. The van der Waals surface area contributed by atoms with E-state index in [0.29, 0.717) is 5.69 Å². The van der Waals surface area contributed by atoms with Crippen molar-refractivity contribution in [3.63, 3.8) is 0 Å². The number of sulfonamides is 1. The minimum Gasteiger partial charge on any atom is -0.481 e. The first-order chi connectivity index (χ1) is 12.3. The number of nitrogens with zero attached hydrogens (tertiary/aromatic N) is 6. The van der Waals surface area contributed by atoms with Gasteiger partial charge in [0.15, 0.2) is 5.15 Å². The highest BCUT2D eigenvalue weighted by Crippen LogP contribution is 2.20. The molecule has 14 heteroatoms. The molecule has 26 heavy (non-hydrogen) atoms. The standard InChI is InChI=1S/C12H11ClN8O4S/c1-6-5-7(25-2)17-10(16-6)19-12(22)20-26(23,24)9-8(13)18-11-14-3-4-15-21(9)11/h3-5H,1-2H3,(H2,16,17,19,20,22). The number of halogens is 1. The van der Waals surface area contributed by atoms with Gasteiger partial charge in [0.25, 0.3) is 15.8 Å². The molecule has 0 spiro atoms. The number of methoxy groups -OCH3 is 1. The van der Waals surface area contributed by atoms with E-state index in [1.807, 2.05) is 0 Å². The van der Waals surface area contributed by atoms with Crippen LogP contribution in [0.25, 0.3) is 5.78 Å². The minimum absolute atomic E-state index is 0.0370. The number of fused-ring (bicyclic) bond motifs is 1. The van der Waals surface area contributed by atoms with Crippen LogP contribution in [-0.2, 0) is 10.0 Å². The highest BCUT2D eigenvalue weighted by Gasteiger charge is 2.28. The maximum atomic E-state index is 12.5. The molecule has 0 aliphatic carbocycles. The number of imidazole rings is 1. The maximum Gasteiger partial charge on any atom is 0.335 e. The first-order valence-electron chi connectivity index (χ1n) is 6.89. The molecule has 136 valence electrons. The summed E-state index contributed by atoms with van der Waals surface area (Å²) in [6.45, 7) is 1.65. The van der Waals surface area contributed by atoms with Crippen molar-refractivity contribution in [3.05, 3.63) is 29.3 Å². The van der Waals surface area contributed by atoms with Gasteiger partial charge in [0.2, 0.25) is 16.9 Å². The van der Waals surface area contributed by atoms with Crippen LogP contribution in [0.4, 0.5) is 10.7 Å². The molecule has 0 aliphatic rings. The predicted octanol–water partition coefficient (Wildman–Crippen LogP) is 0.395. The molecular formula is C12H11ClN8O4S. The molecule has 0 atom stereocenters. The van der Waals surface area contributed by atoms with Crippen LogP contribution < -0.4 is 14.8 Å². The Bertz CT molecular complexity index is 1100. The second kappa shape index (κ2) is 6.68. The molecule has 3 rings (SSSR count). The fourth-order valence-electron chi connectivity index (χ4n) is 1.97. The van der Waals surface area contributed by atoms with E-state index in [9.17, 15) is 13.2 Å². The van der Waals surface area contributed by atoms with Crippen LogP contribution in [0, 0.1) is 6.92 Å². The second-order valence-electron chi connectivity index (χ2n) is 4.80. The number of nitrogens with one attached hydrogen (secondary N) is 2. The summed E-state index contributed by atoms with van der Waals surface area (Å²) in [6.07, 6.45) is 2.56. The maximum absolute atomic E-state index is 12.5. The van der Waals surface area contributed by atoms with E-state index in [1.54, 1.807) is 11.6 Å². The Morgan fingerprint density at radius 3 is 2.77 bits per heavy atom. The number of anilines is 1. The fraction of sp³-hybridized carbons (Fsp3) is 0.167. The first kappa shape index (κ1) is 17.8. The van der Waals surface area contributed by atoms with Crippen molar-refractivity contribution < 1.29 is 17.9 Å². The van der Waals surface area contributed by atoms with Crippen molar-refractivity contribution in [1.82, 2.24) is 34.3 Å². The third-order valence-corrected chi connectivity index (χ3v) is 4.65. The Labute approximate surface area is 151 Å². The number of ether oxygens (including phenoxy) is 1. The molecule has 0 aliphatic heterocycles. The zero-order chi connectivity index (χ0) is 18.9. The van der Waals surface area contributed by atoms with Crippen molar-refractivity contribution in [2.75, 3.05) is 12.4 Å². The molecule has 0 aromatic carbocycles. The number of amides is 2. The normalized spacial score (nSPS) is 11.3. The van der Waals surface area contributed by atoms with Crippen molar-refractivity contribution in [1.29, 1.82) is 0 Å². The molecule has 2 amide bonds. The number of urea groups is 1. The molecule has 0 unspecified atom stereocenters. The van der Waals surface area contributed by atoms with Crippen molar-refractivity contribution in [3.8, 4) is 5.88 Å². The van der Waals surface area contributed by atoms with Crippen LogP contribution in [0.1, 0.15) is 5.69 Å². The summed E-state index contributed by atoms with van der Waals surface area (Å²) in [4.78, 5) is 27.5. The van der Waals surface area contributed by atoms with E-state index in [0.717, 1.165) is 4.52 Å². The zero-order valence-corrected chi connectivity index (χ0v) is 14.9. The lowest BCUT2D eigenvalue weighted by molar-refractivity contribution is 0.256. The van der Waals surface area contributed by atoms with Crippen LogP contribution in [0.2, 0.25) is 5.15 Å². The molecule has 0 fully saturated rings. The number of hydrogen-bond donors (Lipinski definition) is 2. The Balaban J connectivity index is 1.86. The van der Waals surface area contributed by atoms with Gasteiger partial charge in [-0.05, 0) is 6.92 Å². The predicted molar refractivity (Wildman–Crippen MR) is 88.5 cm³/mol. The third kappa shape index (κ3) is 3.48. The Hall–Kier alpha value is -3.06. The topological polar surface area (TPSA) is 153 Å². The van der Waals surface area contributed by atoms with E-state index < -0.39 is 21.1 Å². The fourth-order valence-corrected chi connectivity index (χ4v) is 3.44. The van der Waals surface area contributed by atoms with E-state index in [1.165, 1.54) is 25.6 Å². The lowest BCUT2D eigenvalue weighted by Gasteiger charge is -2.08. The molecule has 0 saturated carbocycles. The third-order valence-electron chi connectivity index (χ3n) is 2.94. The number of carbonyl (C=O) groups excluding carboxylic acids is 1. The molecule has 0 bridgehead atoms. The van der Waals surface area contributed by atoms with E-state index in [-0.39, 0.29) is 22.8 Å². The summed E-state index contributed by atoms with van der Waals surface area (Å²) >= 11 is 5.85. The summed E-state index contributed by atoms with van der Waals surface area (Å²) in [5.41, 5.74) is 0.509. The lowest BCUT2D eigenvalue weighted by Crippen LogP contribution is -2.35. The van der Waals surface area contributed by atoms with Crippen molar-refractivity contribution in [2.45, 2.75) is 11.9 Å². The van der Waals surface area contributed by atoms with Crippen LogP contribution >= 0.6 is 11.6 Å². The monoisotopic (exact) mass is 398 g/mol. The summed E-state index contributed by atoms with van der Waals surface area (Å²) < 4.78 is 32.6. The highest BCUT2D eigenvalue weighted by atomic mass is 35.5. The quantitative estimate of drug-likeness (QED) is 0.635. The molecule has 0 saturated heterocycles. The Morgan fingerprint density at radius 2 is 2.04 bits per heavy atom. The largest absolute Gasteiger partial charge is 0.481 e. The van der Waals surface area contributed by atoms with Crippen molar-refractivity contribution >= 4 is 39.4 Å². The Kier molecular flexibility index (Phi) is 4.56. The SMILES string of the molecule is COc1cc(C)nc(NC(=O)NS(=O)(=O)c2c(Cl)nc3nccnn23)n1. The number of hydrogen-bond acceptors (Lipinski definition) is 9. The number of aromatic nitrogens is 6. The van der Waals surface area contributed by atoms with Crippen molar-refractivity contribution in [2.24, 2.45) is 0 Å². The average Bonchev–Trinajstić information content (AvgIpc) is 2.89. The highest BCUT2D eigenvalue weighted by molar-refractivity contribution is 7.90. The lowest BCUT2D eigenvalue weighted by atomic mass is 10.4. The molecule has 2 N–H and O–H groups in total. The Morgan fingerprint density at radius 1 is 1.27 bits per heavy atom. The molecule has 0 radical (unpaired) electrons. The van der Waals surface area contributed by atoms with Gasteiger partial charge in [-0.2, -0.15) is 28.0 Å². The zero-order valence-electron chi connectivity index (χ0n) is 13.3. The van der Waals surface area contributed by atoms with Gasteiger partial charge in [0.05, 0.1) is 19.5 Å². The summed E-state index contributed by atoms with van der Waals surface area (Å²) in [6, 6.07) is 0.434. The van der Waals surface area contributed by atoms with Gasteiger partial charge in [-0.15, -0.1) is 0 Å². The molecule has 12 nitrogen and oxygen atoms in total. The smallest absolute Gasteiger partial charge is 0.335 e. The minimum atomic E-state index is -4.40. The van der Waals surface area contributed by atoms with Gasteiger partial charge in [0.1, 0.15) is 0 Å². The van der Waals surface area contributed by atoms with Gasteiger partial charge in [-0.25, -0.2) is 19.5 Å². The van der Waals surface area contributed by atoms with E-state index >= 15 is 0 Å². The first-order valence-corrected chi connectivity index (χ1v) is 8.75. The molecule has 3 heterocycles. The molecular weight excluding hydrogens is 388 g/mol. The van der Waals surface area contributed by atoms with E-state index in [2.05, 4.69) is 30.4 Å². The summed E-state index contributed by atoms with van der Waals surface area (Å²) in [7, 11) is -3.01. The number of aryl methyl sites for hydroxylation is 1. The van der Waals surface area contributed by atoms with Crippen LogP contribution in [-0.4, -0.2) is 51.1 Å². The number of carbonyl (C=O) groups is 1. The summed E-state index contributed by atoms with van der Waals surface area (Å²) in [5.74, 6) is 0.0272. The number of rotatable bonds is 4. The second-order valence-corrected chi connectivity index (χ2v) is 6.75. The van der Waals surface area contributed by atoms with Gasteiger partial charge in [-0.1, -0.05) is 11.6 Å². The van der Waals surface area contributed by atoms with Gasteiger partial charge in [0, 0.05) is 11.8 Å². The summed E-state index contributed by atoms with van der Waals surface area (Å²) in [5, 5.41) is 5.10. The van der Waals surface area contributed by atoms with Crippen LogP contribution in [0.3, 0.4) is 0 Å². The average molecular weight is 399 g/mol. The van der Waals surface area contributed by atoms with Gasteiger partial charge < -0.3 is 4.74 Å².